The average molecular weight is 901 g/mol. The van der Waals surface area contributed by atoms with E-state index in [2.05, 4.69) is 229 Å². The largest absolute Gasteiger partial charge is 0.458 e. The maximum absolute atomic E-state index is 6.90. The summed E-state index contributed by atoms with van der Waals surface area (Å²) in [6, 6.07) is 73.2. The molecule has 0 amide bonds. The minimum absolute atomic E-state index is 0.0634. The summed E-state index contributed by atoms with van der Waals surface area (Å²) >= 11 is 0. The number of imidazole rings is 1. The Kier molecular flexibility index (Phi) is 8.74. The lowest BCUT2D eigenvalue weighted by molar-refractivity contribution is -0.570. The molecule has 0 aliphatic carbocycles. The molecule has 1 aliphatic rings. The highest BCUT2D eigenvalue weighted by atomic mass is 16.5. The molecule has 14 rings (SSSR count). The Morgan fingerprint density at radius 2 is 1.14 bits per heavy atom. The number of fused-ring (bicyclic) bond motifs is 13. The lowest BCUT2D eigenvalue weighted by Gasteiger charge is -2.20. The summed E-state index contributed by atoms with van der Waals surface area (Å²) in [5, 5.41) is 4.33. The lowest BCUT2D eigenvalue weighted by atomic mass is 9.88. The van der Waals surface area contributed by atoms with Crippen LogP contribution >= 0.6 is 0 Å². The zero-order valence-electron chi connectivity index (χ0n) is 38.8. The Morgan fingerprint density at radius 3 is 1.96 bits per heavy atom. The summed E-state index contributed by atoms with van der Waals surface area (Å²) in [4.78, 5) is 5.00. The minimum atomic E-state index is -0.0634. The van der Waals surface area contributed by atoms with Gasteiger partial charge in [-0.3, -0.25) is 13.7 Å². The number of benzene rings is 9. The maximum Gasteiger partial charge on any atom is 0.269 e. The summed E-state index contributed by atoms with van der Waals surface area (Å²) < 4.78 is 20.1. The molecule has 0 spiro atoms. The van der Waals surface area contributed by atoms with Gasteiger partial charge in [0.25, 0.3) is 6.33 Å². The molecule has 1 aliphatic heterocycles. The fourth-order valence-electron chi connectivity index (χ4n) is 10.8. The van der Waals surface area contributed by atoms with Crippen LogP contribution in [0.2, 0.25) is 0 Å². The second-order valence-electron chi connectivity index (χ2n) is 19.3. The molecule has 0 N–H and O–H groups in total. The summed E-state index contributed by atoms with van der Waals surface area (Å²) in [6.07, 6.45) is 5.85. The molecule has 4 aromatic heterocycles. The number of ether oxygens (including phenoxy) is 1. The predicted octanol–water partition coefficient (Wildman–Crippen LogP) is 16.2. The molecule has 13 aromatic rings. The zero-order valence-corrected chi connectivity index (χ0v) is 38.8. The molecule has 6 heteroatoms. The van der Waals surface area contributed by atoms with Crippen LogP contribution in [0.25, 0.3) is 116 Å². The van der Waals surface area contributed by atoms with E-state index in [0.717, 1.165) is 94.2 Å². The number of rotatable bonds is 5. The van der Waals surface area contributed by atoms with E-state index in [0.29, 0.717) is 11.5 Å². The Balaban J connectivity index is 0.946. The first-order chi connectivity index (χ1) is 34.3. The average Bonchev–Trinajstić information content (AvgIpc) is 4.07. The van der Waals surface area contributed by atoms with E-state index in [-0.39, 0.29) is 5.41 Å². The van der Waals surface area contributed by atoms with Crippen molar-refractivity contribution in [3.05, 3.63) is 224 Å². The minimum Gasteiger partial charge on any atom is -0.458 e. The lowest BCUT2D eigenvalue weighted by Crippen LogP contribution is -2.32. The van der Waals surface area contributed by atoms with E-state index >= 15 is 0 Å². The van der Waals surface area contributed by atoms with E-state index in [1.165, 1.54) is 27.8 Å². The topological polar surface area (TPSA) is 49.0 Å². The van der Waals surface area contributed by atoms with Crippen LogP contribution in [0.3, 0.4) is 0 Å². The Hall–Kier alpha value is -9.00. The van der Waals surface area contributed by atoms with Crippen LogP contribution in [-0.2, 0) is 5.41 Å². The molecule has 0 bridgehead atoms. The SMILES string of the molecule is CC(C)(C)c1ccnc(-n2c3cc(Oc4cccc(-n5[c-][n+]6c7c(cccc75)-c5ccccc5-c5ccccc5-c5cccc(-c7ccccc7)c5-6)c4)ccc3c3cc4oc5ccccc5c4cc32)c1. The van der Waals surface area contributed by atoms with Gasteiger partial charge in [0, 0.05) is 33.8 Å². The van der Waals surface area contributed by atoms with Crippen LogP contribution in [-0.4, -0.2) is 14.1 Å². The number of hydrogen-bond acceptors (Lipinski definition) is 3. The van der Waals surface area contributed by atoms with E-state index in [9.17, 15) is 0 Å². The van der Waals surface area contributed by atoms with Crippen molar-refractivity contribution in [1.82, 2.24) is 14.1 Å². The maximum atomic E-state index is 6.90. The highest BCUT2D eigenvalue weighted by Gasteiger charge is 2.27. The molecule has 332 valence electrons. The van der Waals surface area contributed by atoms with Gasteiger partial charge in [0.15, 0.2) is 0 Å². The van der Waals surface area contributed by atoms with Crippen molar-refractivity contribution in [2.45, 2.75) is 26.2 Å². The number of furan rings is 1. The van der Waals surface area contributed by atoms with Crippen LogP contribution in [0.15, 0.2) is 217 Å². The first-order valence-electron chi connectivity index (χ1n) is 23.9. The van der Waals surface area contributed by atoms with E-state index < -0.39 is 0 Å². The second-order valence-corrected chi connectivity index (χ2v) is 19.3. The summed E-state index contributed by atoms with van der Waals surface area (Å²) in [5.41, 5.74) is 18.3. The first kappa shape index (κ1) is 40.1. The van der Waals surface area contributed by atoms with Crippen LogP contribution in [0, 0.1) is 6.33 Å². The van der Waals surface area contributed by atoms with Crippen molar-refractivity contribution in [2.75, 3.05) is 0 Å². The number of hydrogen-bond donors (Lipinski definition) is 0. The fraction of sp³-hybridized carbons (Fsp3) is 0.0625. The van der Waals surface area contributed by atoms with Crippen molar-refractivity contribution < 1.29 is 13.7 Å². The molecule has 0 saturated carbocycles. The van der Waals surface area contributed by atoms with Crippen LogP contribution < -0.4 is 9.30 Å². The summed E-state index contributed by atoms with van der Waals surface area (Å²) in [6.45, 7) is 6.72. The Morgan fingerprint density at radius 1 is 0.486 bits per heavy atom. The monoisotopic (exact) mass is 900 g/mol. The highest BCUT2D eigenvalue weighted by molar-refractivity contribution is 6.17. The van der Waals surface area contributed by atoms with Gasteiger partial charge in [-0.2, -0.15) is 0 Å². The molecule has 0 unspecified atom stereocenters. The first-order valence-corrected chi connectivity index (χ1v) is 23.9. The molecule has 70 heavy (non-hydrogen) atoms. The van der Waals surface area contributed by atoms with E-state index in [4.69, 9.17) is 14.1 Å². The standard InChI is InChI=1S/C64H44N4O2/c1-64(2,3)41-32-33-65-61(34-41)68-57-36-44(30-31-50(57)54-38-60-55(37-58(54)68)51-24-11-12-29-59(51)70-60)69-43-19-13-18-42(35-43)66-39-67-62-45(40-16-5-4-6-17-40)25-14-26-52(62)48-22-9-7-20-46(48)47-21-8-10-23-49(47)53-27-15-28-56(66)63(53)67/h4-38H,1-3H3. The van der Waals surface area contributed by atoms with Crippen LogP contribution in [0.5, 0.6) is 11.5 Å². The predicted molar refractivity (Wildman–Crippen MR) is 284 cm³/mol. The zero-order chi connectivity index (χ0) is 46.7. The normalized spacial score (nSPS) is 12.2. The fourth-order valence-corrected chi connectivity index (χ4v) is 10.8. The number of pyridine rings is 1. The Bertz CT molecular complexity index is 4260. The molecule has 9 aromatic carbocycles. The van der Waals surface area contributed by atoms with Crippen molar-refractivity contribution in [1.29, 1.82) is 0 Å². The van der Waals surface area contributed by atoms with Crippen molar-refractivity contribution in [3.8, 4) is 73.2 Å². The third kappa shape index (κ3) is 6.19. The second kappa shape index (κ2) is 15.3. The summed E-state index contributed by atoms with van der Waals surface area (Å²) in [7, 11) is 0. The molecule has 5 heterocycles. The van der Waals surface area contributed by atoms with Gasteiger partial charge < -0.3 is 9.15 Å². The van der Waals surface area contributed by atoms with E-state index in [1.54, 1.807) is 0 Å². The van der Waals surface area contributed by atoms with Gasteiger partial charge in [-0.25, -0.2) is 4.98 Å². The Labute approximate surface area is 404 Å². The van der Waals surface area contributed by atoms with Gasteiger partial charge in [0.2, 0.25) is 0 Å². The molecular weight excluding hydrogens is 857 g/mol. The third-order valence-electron chi connectivity index (χ3n) is 14.1. The molecule has 0 atom stereocenters. The molecule has 0 fully saturated rings. The quantitative estimate of drug-likeness (QED) is 0.128. The number of para-hydroxylation sites is 3. The number of aromatic nitrogens is 4. The smallest absolute Gasteiger partial charge is 0.269 e. The van der Waals surface area contributed by atoms with Gasteiger partial charge in [0.1, 0.15) is 28.5 Å². The van der Waals surface area contributed by atoms with Gasteiger partial charge in [0.05, 0.1) is 33.4 Å². The highest BCUT2D eigenvalue weighted by Crippen LogP contribution is 2.46. The van der Waals surface area contributed by atoms with Crippen LogP contribution in [0.4, 0.5) is 0 Å². The van der Waals surface area contributed by atoms with Gasteiger partial charge in [-0.05, 0) is 116 Å². The summed E-state index contributed by atoms with van der Waals surface area (Å²) in [5.74, 6) is 2.27. The van der Waals surface area contributed by atoms with Crippen molar-refractivity contribution in [3.63, 3.8) is 0 Å². The van der Waals surface area contributed by atoms with Gasteiger partial charge in [-0.1, -0.05) is 160 Å². The van der Waals surface area contributed by atoms with Crippen molar-refractivity contribution in [2.24, 2.45) is 0 Å². The van der Waals surface area contributed by atoms with E-state index in [1.807, 2.05) is 24.4 Å². The van der Waals surface area contributed by atoms with Gasteiger partial charge in [-0.15, -0.1) is 0 Å². The van der Waals surface area contributed by atoms with Crippen molar-refractivity contribution >= 4 is 54.8 Å². The molecule has 0 radical (unpaired) electrons. The van der Waals surface area contributed by atoms with Crippen LogP contribution in [0.1, 0.15) is 26.3 Å². The molecule has 6 nitrogen and oxygen atoms in total. The van der Waals surface area contributed by atoms with Gasteiger partial charge >= 0.3 is 0 Å². The third-order valence-corrected chi connectivity index (χ3v) is 14.1. The molecule has 0 saturated heterocycles. The number of nitrogens with zero attached hydrogens (tertiary/aromatic N) is 4. The molecular formula is C64H44N4O2.